The quantitative estimate of drug-likeness (QED) is 0.302. The Morgan fingerprint density at radius 3 is 2.32 bits per heavy atom. The topological polar surface area (TPSA) is 49.8 Å². The van der Waals surface area contributed by atoms with E-state index in [9.17, 15) is 0 Å². The fourth-order valence-electron chi connectivity index (χ4n) is 3.44. The van der Waals surface area contributed by atoms with E-state index >= 15 is 0 Å². The Morgan fingerprint density at radius 1 is 0.679 bits per heavy atom. The molecule has 28 heavy (non-hydrogen) atoms. The zero-order valence-electron chi connectivity index (χ0n) is 14.9. The first-order valence-electron chi connectivity index (χ1n) is 8.97. The predicted molar refractivity (Wildman–Crippen MR) is 121 cm³/mol. The van der Waals surface area contributed by atoms with E-state index in [1.165, 1.54) is 10.8 Å². The summed E-state index contributed by atoms with van der Waals surface area (Å²) < 4.78 is 0. The number of nitrogens with zero attached hydrogens (tertiary/aromatic N) is 2. The molecule has 3 aromatic carbocycles. The zero-order chi connectivity index (χ0) is 18.9. The molecule has 0 saturated heterocycles. The predicted octanol–water partition coefficient (Wildman–Crippen LogP) is 5.75. The van der Waals surface area contributed by atoms with Gasteiger partial charge in [0.2, 0.25) is 0 Å². The molecule has 0 saturated carbocycles. The van der Waals surface area contributed by atoms with Crippen LogP contribution in [0.4, 0.5) is 11.4 Å². The van der Waals surface area contributed by atoms with E-state index in [0.29, 0.717) is 5.11 Å². The molecule has 0 unspecified atom stereocenters. The minimum atomic E-state index is 0.519. The van der Waals surface area contributed by atoms with Crippen LogP contribution in [0.1, 0.15) is 0 Å². The Kier molecular flexibility index (Phi) is 4.07. The summed E-state index contributed by atoms with van der Waals surface area (Å²) in [6.07, 6.45) is 3.58. The first-order chi connectivity index (χ1) is 13.8. The average molecular weight is 380 g/mol. The number of fused-ring (bicyclic) bond motifs is 4. The number of anilines is 2. The lowest BCUT2D eigenvalue weighted by atomic mass is 10.1. The molecule has 0 spiro atoms. The van der Waals surface area contributed by atoms with E-state index in [-0.39, 0.29) is 0 Å². The fraction of sp³-hybridized carbons (Fsp3) is 0. The van der Waals surface area contributed by atoms with Gasteiger partial charge in [-0.2, -0.15) is 0 Å². The Bertz CT molecular complexity index is 1350. The van der Waals surface area contributed by atoms with Gasteiger partial charge in [0.15, 0.2) is 5.11 Å². The molecule has 5 heteroatoms. The third-order valence-electron chi connectivity index (χ3n) is 4.71. The standard InChI is InChI=1S/C23H16N4S/c28-23(26-18-10-9-15-5-1-2-6-16(15)13-18)27-20-14-17-7-3-11-24-21(17)19-8-4-12-25-22(19)20/h1-14H,(H2,26,27,28). The van der Waals surface area contributed by atoms with Gasteiger partial charge in [-0.3, -0.25) is 9.97 Å². The number of aromatic nitrogens is 2. The molecule has 0 atom stereocenters. The molecule has 0 fully saturated rings. The van der Waals surface area contributed by atoms with Crippen LogP contribution < -0.4 is 10.6 Å². The van der Waals surface area contributed by atoms with Gasteiger partial charge >= 0.3 is 0 Å². The van der Waals surface area contributed by atoms with Crippen molar-refractivity contribution in [2.24, 2.45) is 0 Å². The molecule has 4 nitrogen and oxygen atoms in total. The fourth-order valence-corrected chi connectivity index (χ4v) is 3.67. The third kappa shape index (κ3) is 3.02. The maximum atomic E-state index is 5.56. The smallest absolute Gasteiger partial charge is 0.175 e. The average Bonchev–Trinajstić information content (AvgIpc) is 2.74. The van der Waals surface area contributed by atoms with E-state index in [1.807, 2.05) is 48.5 Å². The van der Waals surface area contributed by atoms with Gasteiger partial charge in [-0.15, -0.1) is 0 Å². The monoisotopic (exact) mass is 380 g/mol. The SMILES string of the molecule is S=C(Nc1ccc2ccccc2c1)Nc1cc2cccnc2c2cccnc12. The van der Waals surface area contributed by atoms with Crippen LogP contribution in [-0.2, 0) is 0 Å². The molecule has 5 rings (SSSR count). The van der Waals surface area contributed by atoms with Crippen LogP contribution in [0.15, 0.2) is 85.2 Å². The van der Waals surface area contributed by atoms with Gasteiger partial charge in [0.05, 0.1) is 16.7 Å². The summed E-state index contributed by atoms with van der Waals surface area (Å²) in [6, 6.07) is 24.4. The van der Waals surface area contributed by atoms with E-state index in [4.69, 9.17) is 12.2 Å². The molecule has 2 heterocycles. The van der Waals surface area contributed by atoms with Gasteiger partial charge in [-0.1, -0.05) is 36.4 Å². The van der Waals surface area contributed by atoms with Crippen LogP contribution in [0.3, 0.4) is 0 Å². The summed E-state index contributed by atoms with van der Waals surface area (Å²) >= 11 is 5.56. The minimum absolute atomic E-state index is 0.519. The molecule has 0 aliphatic heterocycles. The molecule has 0 bridgehead atoms. The molecular weight excluding hydrogens is 364 g/mol. The molecule has 0 amide bonds. The molecule has 2 N–H and O–H groups in total. The van der Waals surface area contributed by atoms with Crippen molar-refractivity contribution in [2.45, 2.75) is 0 Å². The van der Waals surface area contributed by atoms with Crippen LogP contribution in [0.2, 0.25) is 0 Å². The molecule has 0 radical (unpaired) electrons. The lowest BCUT2D eigenvalue weighted by molar-refractivity contribution is 1.39. The van der Waals surface area contributed by atoms with Crippen LogP contribution in [-0.4, -0.2) is 15.1 Å². The van der Waals surface area contributed by atoms with Crippen molar-refractivity contribution in [2.75, 3.05) is 10.6 Å². The van der Waals surface area contributed by atoms with Gasteiger partial charge < -0.3 is 10.6 Å². The highest BCUT2D eigenvalue weighted by molar-refractivity contribution is 7.80. The highest BCUT2D eigenvalue weighted by atomic mass is 32.1. The third-order valence-corrected chi connectivity index (χ3v) is 4.92. The Hall–Kier alpha value is -3.57. The van der Waals surface area contributed by atoms with Crippen molar-refractivity contribution < 1.29 is 0 Å². The second kappa shape index (κ2) is 6.87. The summed E-state index contributed by atoms with van der Waals surface area (Å²) in [5, 5.41) is 11.5. The molecule has 5 aromatic rings. The normalized spacial score (nSPS) is 11.0. The Balaban J connectivity index is 1.49. The largest absolute Gasteiger partial charge is 0.332 e. The van der Waals surface area contributed by atoms with Gasteiger partial charge in [-0.05, 0) is 59.4 Å². The van der Waals surface area contributed by atoms with Crippen LogP contribution in [0, 0.1) is 0 Å². The maximum absolute atomic E-state index is 5.56. The van der Waals surface area contributed by atoms with Crippen molar-refractivity contribution >= 4 is 61.3 Å². The van der Waals surface area contributed by atoms with Gasteiger partial charge in [0.25, 0.3) is 0 Å². The number of benzene rings is 3. The summed E-state index contributed by atoms with van der Waals surface area (Å²) in [6.45, 7) is 0. The number of hydrogen-bond donors (Lipinski definition) is 2. The highest BCUT2D eigenvalue weighted by Gasteiger charge is 2.10. The minimum Gasteiger partial charge on any atom is -0.332 e. The van der Waals surface area contributed by atoms with E-state index < -0.39 is 0 Å². The van der Waals surface area contributed by atoms with Crippen LogP contribution in [0.25, 0.3) is 32.6 Å². The van der Waals surface area contributed by atoms with Crippen molar-refractivity contribution in [3.05, 3.63) is 85.2 Å². The molecular formula is C23H16N4S. The van der Waals surface area contributed by atoms with Crippen LogP contribution >= 0.6 is 12.2 Å². The molecule has 134 valence electrons. The lowest BCUT2D eigenvalue weighted by Gasteiger charge is -2.14. The highest BCUT2D eigenvalue weighted by Crippen LogP contribution is 2.29. The first kappa shape index (κ1) is 16.6. The van der Waals surface area contributed by atoms with E-state index in [1.54, 1.807) is 12.4 Å². The summed E-state index contributed by atoms with van der Waals surface area (Å²) in [4.78, 5) is 9.05. The van der Waals surface area contributed by atoms with Gasteiger partial charge in [0.1, 0.15) is 0 Å². The molecule has 0 aliphatic rings. The summed E-state index contributed by atoms with van der Waals surface area (Å²) in [7, 11) is 0. The molecule has 2 aromatic heterocycles. The second-order valence-corrected chi connectivity index (χ2v) is 6.95. The van der Waals surface area contributed by atoms with E-state index in [0.717, 1.165) is 33.2 Å². The zero-order valence-corrected chi connectivity index (χ0v) is 15.7. The number of hydrogen-bond acceptors (Lipinski definition) is 3. The Morgan fingerprint density at radius 2 is 1.43 bits per heavy atom. The van der Waals surface area contributed by atoms with Crippen molar-refractivity contribution in [1.29, 1.82) is 0 Å². The first-order valence-corrected chi connectivity index (χ1v) is 9.38. The summed E-state index contributed by atoms with van der Waals surface area (Å²) in [5.41, 5.74) is 3.58. The number of thiocarbonyl (C=S) groups is 1. The van der Waals surface area contributed by atoms with Crippen molar-refractivity contribution in [3.8, 4) is 0 Å². The number of nitrogens with one attached hydrogen (secondary N) is 2. The number of rotatable bonds is 2. The van der Waals surface area contributed by atoms with Crippen molar-refractivity contribution in [1.82, 2.24) is 9.97 Å². The maximum Gasteiger partial charge on any atom is 0.175 e. The van der Waals surface area contributed by atoms with Gasteiger partial charge in [-0.25, -0.2) is 0 Å². The van der Waals surface area contributed by atoms with Crippen molar-refractivity contribution in [3.63, 3.8) is 0 Å². The Labute approximate surface area is 167 Å². The van der Waals surface area contributed by atoms with E-state index in [2.05, 4.69) is 44.9 Å². The number of pyridine rings is 2. The second-order valence-electron chi connectivity index (χ2n) is 6.54. The summed E-state index contributed by atoms with van der Waals surface area (Å²) in [5.74, 6) is 0. The van der Waals surface area contributed by atoms with Crippen LogP contribution in [0.5, 0.6) is 0 Å². The molecule has 0 aliphatic carbocycles. The van der Waals surface area contributed by atoms with Gasteiger partial charge in [0, 0.05) is 28.9 Å². The lowest BCUT2D eigenvalue weighted by Crippen LogP contribution is -2.19.